The number of hydrogen-bond acceptors (Lipinski definition) is 5. The maximum atomic E-state index is 12.1. The molecule has 2 amide bonds. The highest BCUT2D eigenvalue weighted by Gasteiger charge is 2.18. The molecule has 0 radical (unpaired) electrons. The topological polar surface area (TPSA) is 84.5 Å². The highest BCUT2D eigenvalue weighted by atomic mass is 35.5. The Kier molecular flexibility index (Phi) is 5.70. The summed E-state index contributed by atoms with van der Waals surface area (Å²) in [5.41, 5.74) is 1.12. The summed E-state index contributed by atoms with van der Waals surface area (Å²) < 4.78 is 5.00. The number of rotatable bonds is 4. The first-order valence-electron chi connectivity index (χ1n) is 7.41. The molecule has 0 aliphatic carbocycles. The third-order valence-electron chi connectivity index (χ3n) is 3.38. The lowest BCUT2D eigenvalue weighted by Crippen LogP contribution is -2.22. The quantitative estimate of drug-likeness (QED) is 0.748. The summed E-state index contributed by atoms with van der Waals surface area (Å²) in [5.74, 6) is -1.02. The Labute approximate surface area is 163 Å². The number of nitrogens with one attached hydrogen (secondary N) is 2. The van der Waals surface area contributed by atoms with E-state index in [2.05, 4.69) is 10.6 Å². The van der Waals surface area contributed by atoms with Crippen LogP contribution in [0.3, 0.4) is 0 Å². The molecule has 2 aromatic rings. The van der Waals surface area contributed by atoms with Crippen LogP contribution in [0, 0.1) is 0 Å². The van der Waals surface area contributed by atoms with Gasteiger partial charge in [0.05, 0.1) is 27.7 Å². The molecule has 0 saturated heterocycles. The molecule has 0 spiro atoms. The van der Waals surface area contributed by atoms with Gasteiger partial charge in [-0.1, -0.05) is 23.2 Å². The van der Waals surface area contributed by atoms with Gasteiger partial charge in [-0.2, -0.15) is 0 Å². The smallest absolute Gasteiger partial charge is 0.338 e. The van der Waals surface area contributed by atoms with Gasteiger partial charge >= 0.3 is 5.97 Å². The molecular weight excluding hydrogens is 399 g/mol. The molecule has 134 valence electrons. The summed E-state index contributed by atoms with van der Waals surface area (Å²) in [6.07, 6.45) is 0. The monoisotopic (exact) mass is 410 g/mol. The van der Waals surface area contributed by atoms with E-state index in [0.29, 0.717) is 27.2 Å². The first-order chi connectivity index (χ1) is 12.4. The van der Waals surface area contributed by atoms with E-state index >= 15 is 0 Å². The molecule has 3 rings (SSSR count). The Morgan fingerprint density at radius 2 is 2.00 bits per heavy atom. The van der Waals surface area contributed by atoms with E-state index < -0.39 is 18.5 Å². The van der Waals surface area contributed by atoms with Crippen molar-refractivity contribution < 1.29 is 19.1 Å². The Morgan fingerprint density at radius 1 is 1.19 bits per heavy atom. The van der Waals surface area contributed by atoms with Gasteiger partial charge < -0.3 is 15.4 Å². The second-order valence-corrected chi connectivity index (χ2v) is 7.16. The third-order valence-corrected chi connectivity index (χ3v) is 5.02. The molecule has 0 atom stereocenters. The Morgan fingerprint density at radius 3 is 2.81 bits per heavy atom. The standard InChI is InChI=1S/C17H12Cl2N2O4S/c18-10-2-3-11(19)12(6-10)20-15(22)7-25-17(24)9-1-4-14-13(5-9)21-16(23)8-26-14/h1-6H,7-8H2,(H,20,22)(H,21,23). The van der Waals surface area contributed by atoms with E-state index in [1.54, 1.807) is 24.3 Å². The van der Waals surface area contributed by atoms with Crippen molar-refractivity contribution in [3.8, 4) is 0 Å². The van der Waals surface area contributed by atoms with Crippen molar-refractivity contribution in [2.24, 2.45) is 0 Å². The van der Waals surface area contributed by atoms with E-state index in [-0.39, 0.29) is 11.5 Å². The fourth-order valence-corrected chi connectivity index (χ4v) is 3.33. The highest BCUT2D eigenvalue weighted by Crippen LogP contribution is 2.32. The number of thioether (sulfide) groups is 1. The number of ether oxygens (including phenoxy) is 1. The van der Waals surface area contributed by atoms with Crippen LogP contribution in [0.15, 0.2) is 41.3 Å². The van der Waals surface area contributed by atoms with Crippen LogP contribution in [-0.2, 0) is 14.3 Å². The molecule has 1 aliphatic heterocycles. The van der Waals surface area contributed by atoms with Crippen LogP contribution in [0.1, 0.15) is 10.4 Å². The first kappa shape index (κ1) is 18.6. The largest absolute Gasteiger partial charge is 0.452 e. The highest BCUT2D eigenvalue weighted by molar-refractivity contribution is 8.00. The molecule has 2 aromatic carbocycles. The number of amides is 2. The molecule has 9 heteroatoms. The molecule has 0 fully saturated rings. The average Bonchev–Trinajstić information content (AvgIpc) is 2.62. The molecule has 26 heavy (non-hydrogen) atoms. The lowest BCUT2D eigenvalue weighted by molar-refractivity contribution is -0.119. The Bertz CT molecular complexity index is 904. The number of fused-ring (bicyclic) bond motifs is 1. The number of hydrogen-bond donors (Lipinski definition) is 2. The molecule has 0 aromatic heterocycles. The van der Waals surface area contributed by atoms with Gasteiger partial charge in [-0.3, -0.25) is 9.59 Å². The predicted molar refractivity (Wildman–Crippen MR) is 101 cm³/mol. The fourth-order valence-electron chi connectivity index (χ4n) is 2.20. The SMILES string of the molecule is O=C(COC(=O)c1ccc2c(c1)NC(=O)CS2)Nc1cc(Cl)ccc1Cl. The zero-order valence-electron chi connectivity index (χ0n) is 13.2. The summed E-state index contributed by atoms with van der Waals surface area (Å²) in [6.45, 7) is -0.486. The van der Waals surface area contributed by atoms with Crippen molar-refractivity contribution >= 4 is 64.1 Å². The maximum Gasteiger partial charge on any atom is 0.338 e. The Balaban J connectivity index is 1.60. The predicted octanol–water partition coefficient (Wildman–Crippen LogP) is 3.83. The normalized spacial score (nSPS) is 12.8. The summed E-state index contributed by atoms with van der Waals surface area (Å²) in [5, 5.41) is 5.94. The summed E-state index contributed by atoms with van der Waals surface area (Å²) in [4.78, 5) is 36.4. The van der Waals surface area contributed by atoms with Gasteiger partial charge in [-0.05, 0) is 36.4 Å². The minimum absolute atomic E-state index is 0.134. The number of carbonyl (C=O) groups is 3. The zero-order chi connectivity index (χ0) is 18.7. The van der Waals surface area contributed by atoms with Crippen molar-refractivity contribution in [1.82, 2.24) is 0 Å². The van der Waals surface area contributed by atoms with Crippen molar-refractivity contribution in [1.29, 1.82) is 0 Å². The Hall–Kier alpha value is -2.22. The van der Waals surface area contributed by atoms with E-state index in [1.807, 2.05) is 0 Å². The van der Waals surface area contributed by atoms with E-state index in [1.165, 1.54) is 23.9 Å². The van der Waals surface area contributed by atoms with Gasteiger partial charge in [0.25, 0.3) is 5.91 Å². The van der Waals surface area contributed by atoms with Gasteiger partial charge in [0.15, 0.2) is 6.61 Å². The first-order valence-corrected chi connectivity index (χ1v) is 9.15. The average molecular weight is 411 g/mol. The van der Waals surface area contributed by atoms with Crippen molar-refractivity contribution in [3.63, 3.8) is 0 Å². The van der Waals surface area contributed by atoms with Crippen molar-refractivity contribution in [2.75, 3.05) is 23.0 Å². The lowest BCUT2D eigenvalue weighted by Gasteiger charge is -2.16. The van der Waals surface area contributed by atoms with Crippen molar-refractivity contribution in [2.45, 2.75) is 4.90 Å². The second kappa shape index (κ2) is 7.99. The molecular formula is C17H12Cl2N2O4S. The van der Waals surface area contributed by atoms with Crippen LogP contribution in [0.2, 0.25) is 10.0 Å². The van der Waals surface area contributed by atoms with Crippen LogP contribution in [0.25, 0.3) is 0 Å². The number of benzene rings is 2. The minimum Gasteiger partial charge on any atom is -0.452 e. The van der Waals surface area contributed by atoms with Crippen LogP contribution >= 0.6 is 35.0 Å². The fraction of sp³-hybridized carbons (Fsp3) is 0.118. The van der Waals surface area contributed by atoms with Gasteiger partial charge in [0.1, 0.15) is 0 Å². The molecule has 0 saturated carbocycles. The second-order valence-electron chi connectivity index (χ2n) is 5.30. The van der Waals surface area contributed by atoms with Crippen LogP contribution in [0.5, 0.6) is 0 Å². The molecule has 6 nitrogen and oxygen atoms in total. The van der Waals surface area contributed by atoms with E-state index in [0.717, 1.165) is 4.90 Å². The van der Waals surface area contributed by atoms with Crippen LogP contribution in [-0.4, -0.2) is 30.1 Å². The third kappa shape index (κ3) is 4.49. The van der Waals surface area contributed by atoms with Gasteiger partial charge in [-0.15, -0.1) is 11.8 Å². The van der Waals surface area contributed by atoms with E-state index in [9.17, 15) is 14.4 Å². The summed E-state index contributed by atoms with van der Waals surface area (Å²) in [6, 6.07) is 9.46. The molecule has 0 bridgehead atoms. The van der Waals surface area contributed by atoms with Crippen LogP contribution in [0.4, 0.5) is 11.4 Å². The summed E-state index contributed by atoms with van der Waals surface area (Å²) >= 11 is 13.2. The van der Waals surface area contributed by atoms with Crippen molar-refractivity contribution in [3.05, 3.63) is 52.0 Å². The summed E-state index contributed by atoms with van der Waals surface area (Å²) in [7, 11) is 0. The number of carbonyl (C=O) groups excluding carboxylic acids is 3. The van der Waals surface area contributed by atoms with E-state index in [4.69, 9.17) is 27.9 Å². The van der Waals surface area contributed by atoms with Gasteiger partial charge in [-0.25, -0.2) is 4.79 Å². The lowest BCUT2D eigenvalue weighted by atomic mass is 10.2. The van der Waals surface area contributed by atoms with Gasteiger partial charge in [0, 0.05) is 9.92 Å². The molecule has 2 N–H and O–H groups in total. The number of anilines is 2. The number of halogens is 2. The number of esters is 1. The molecule has 1 aliphatic rings. The van der Waals surface area contributed by atoms with Crippen LogP contribution < -0.4 is 10.6 Å². The zero-order valence-corrected chi connectivity index (χ0v) is 15.5. The maximum absolute atomic E-state index is 12.1. The molecule has 1 heterocycles. The minimum atomic E-state index is -0.676. The molecule has 0 unspecified atom stereocenters. The van der Waals surface area contributed by atoms with Gasteiger partial charge in [0.2, 0.25) is 5.91 Å².